The Balaban J connectivity index is 1.56. The van der Waals surface area contributed by atoms with E-state index in [1.54, 1.807) is 0 Å². The van der Waals surface area contributed by atoms with Gasteiger partial charge in [-0.2, -0.15) is 0 Å². The van der Waals surface area contributed by atoms with Crippen molar-refractivity contribution in [2.45, 2.75) is 26.2 Å². The molecule has 0 unspecified atom stereocenters. The number of fused-ring (bicyclic) bond motifs is 1. The average Bonchev–Trinajstić information content (AvgIpc) is 3.25. The van der Waals surface area contributed by atoms with Crippen LogP contribution >= 0.6 is 0 Å². The van der Waals surface area contributed by atoms with E-state index < -0.39 is 0 Å². The van der Waals surface area contributed by atoms with Gasteiger partial charge >= 0.3 is 0 Å². The van der Waals surface area contributed by atoms with Crippen molar-refractivity contribution in [2.24, 2.45) is 7.05 Å². The summed E-state index contributed by atoms with van der Waals surface area (Å²) < 4.78 is 4.03. The van der Waals surface area contributed by atoms with Crippen LogP contribution in [0, 0.1) is 13.8 Å². The van der Waals surface area contributed by atoms with Gasteiger partial charge in [-0.1, -0.05) is 6.07 Å². The molecule has 3 aromatic rings. The minimum atomic E-state index is 0.00605. The second-order valence-electron chi connectivity index (χ2n) is 6.61. The van der Waals surface area contributed by atoms with E-state index in [0.717, 1.165) is 35.8 Å². The normalized spacial score (nSPS) is 17.8. The number of imidazole rings is 2. The summed E-state index contributed by atoms with van der Waals surface area (Å²) in [6.07, 6.45) is 4.82. The lowest BCUT2D eigenvalue weighted by Crippen LogP contribution is -2.29. The number of pyridine rings is 1. The average molecular weight is 323 g/mol. The van der Waals surface area contributed by atoms with Gasteiger partial charge in [0.15, 0.2) is 0 Å². The minimum absolute atomic E-state index is 0.00605. The number of carbonyl (C=O) groups excluding carboxylic acids is 1. The van der Waals surface area contributed by atoms with Gasteiger partial charge in [-0.15, -0.1) is 0 Å². The van der Waals surface area contributed by atoms with Gasteiger partial charge in [0, 0.05) is 44.1 Å². The van der Waals surface area contributed by atoms with Crippen molar-refractivity contribution in [1.29, 1.82) is 0 Å². The summed E-state index contributed by atoms with van der Waals surface area (Å²) in [7, 11) is 2.02. The highest BCUT2D eigenvalue weighted by atomic mass is 16.2. The lowest BCUT2D eigenvalue weighted by Gasteiger charge is -2.15. The molecule has 24 heavy (non-hydrogen) atoms. The molecule has 0 radical (unpaired) electrons. The fraction of sp³-hybridized carbons (Fsp3) is 0.389. The number of aromatic nitrogens is 4. The van der Waals surface area contributed by atoms with Crippen LogP contribution in [-0.2, 0) is 7.05 Å². The molecule has 1 saturated heterocycles. The molecule has 0 aliphatic carbocycles. The van der Waals surface area contributed by atoms with Crippen LogP contribution in [0.2, 0.25) is 0 Å². The van der Waals surface area contributed by atoms with E-state index in [2.05, 4.69) is 14.5 Å². The third-order valence-corrected chi connectivity index (χ3v) is 4.79. The first-order valence-corrected chi connectivity index (χ1v) is 8.27. The van der Waals surface area contributed by atoms with Gasteiger partial charge in [-0.25, -0.2) is 9.97 Å². The summed E-state index contributed by atoms with van der Waals surface area (Å²) in [5.41, 5.74) is 3.42. The quantitative estimate of drug-likeness (QED) is 0.727. The molecule has 0 N–H and O–H groups in total. The Morgan fingerprint density at radius 1 is 1.21 bits per heavy atom. The molecule has 3 aromatic heterocycles. The summed E-state index contributed by atoms with van der Waals surface area (Å²) in [6, 6.07) is 5.90. The smallest absolute Gasteiger partial charge is 0.274 e. The zero-order valence-electron chi connectivity index (χ0n) is 14.2. The van der Waals surface area contributed by atoms with E-state index in [0.29, 0.717) is 18.2 Å². The van der Waals surface area contributed by atoms with E-state index in [4.69, 9.17) is 0 Å². The maximum absolute atomic E-state index is 12.8. The molecule has 1 atom stereocenters. The number of nitrogens with zero attached hydrogens (tertiary/aromatic N) is 5. The van der Waals surface area contributed by atoms with Crippen molar-refractivity contribution in [3.05, 3.63) is 53.5 Å². The summed E-state index contributed by atoms with van der Waals surface area (Å²) >= 11 is 0. The second-order valence-corrected chi connectivity index (χ2v) is 6.61. The Morgan fingerprint density at radius 3 is 2.75 bits per heavy atom. The van der Waals surface area contributed by atoms with E-state index in [1.807, 2.05) is 60.8 Å². The monoisotopic (exact) mass is 323 g/mol. The van der Waals surface area contributed by atoms with E-state index >= 15 is 0 Å². The summed E-state index contributed by atoms with van der Waals surface area (Å²) in [5, 5.41) is 0. The molecule has 1 fully saturated rings. The zero-order valence-corrected chi connectivity index (χ0v) is 14.2. The van der Waals surface area contributed by atoms with Gasteiger partial charge in [0.25, 0.3) is 5.91 Å². The number of hydrogen-bond acceptors (Lipinski definition) is 3. The number of aryl methyl sites for hydroxylation is 3. The second kappa shape index (κ2) is 5.47. The van der Waals surface area contributed by atoms with Crippen LogP contribution in [0.15, 0.2) is 30.6 Å². The van der Waals surface area contributed by atoms with E-state index in [1.165, 1.54) is 0 Å². The van der Waals surface area contributed by atoms with Crippen molar-refractivity contribution in [1.82, 2.24) is 23.8 Å². The number of amides is 1. The Kier molecular flexibility index (Phi) is 3.40. The first kappa shape index (κ1) is 14.9. The van der Waals surface area contributed by atoms with Gasteiger partial charge in [0.1, 0.15) is 17.2 Å². The van der Waals surface area contributed by atoms with Crippen molar-refractivity contribution in [3.8, 4) is 0 Å². The fourth-order valence-electron chi connectivity index (χ4n) is 3.58. The van der Waals surface area contributed by atoms with Crippen molar-refractivity contribution >= 4 is 11.6 Å². The third-order valence-electron chi connectivity index (χ3n) is 4.79. The van der Waals surface area contributed by atoms with Gasteiger partial charge in [-0.3, -0.25) is 4.79 Å². The number of carbonyl (C=O) groups is 1. The molecular weight excluding hydrogens is 302 g/mol. The van der Waals surface area contributed by atoms with Gasteiger partial charge < -0.3 is 13.9 Å². The van der Waals surface area contributed by atoms with Gasteiger partial charge in [0.05, 0.1) is 5.69 Å². The molecule has 6 heteroatoms. The predicted octanol–water partition coefficient (Wildman–Crippen LogP) is 2.31. The minimum Gasteiger partial charge on any atom is -0.337 e. The van der Waals surface area contributed by atoms with Crippen molar-refractivity contribution in [2.75, 3.05) is 13.1 Å². The maximum Gasteiger partial charge on any atom is 0.274 e. The van der Waals surface area contributed by atoms with Crippen LogP contribution in [0.25, 0.3) is 5.65 Å². The highest BCUT2D eigenvalue weighted by Crippen LogP contribution is 2.27. The zero-order chi connectivity index (χ0) is 16.8. The highest BCUT2D eigenvalue weighted by molar-refractivity contribution is 5.93. The predicted molar refractivity (Wildman–Crippen MR) is 91.1 cm³/mol. The molecule has 4 rings (SSSR count). The first-order chi connectivity index (χ1) is 11.5. The summed E-state index contributed by atoms with van der Waals surface area (Å²) in [6.45, 7) is 5.47. The van der Waals surface area contributed by atoms with Crippen LogP contribution in [0.3, 0.4) is 0 Å². The number of rotatable bonds is 2. The van der Waals surface area contributed by atoms with Crippen LogP contribution in [0.5, 0.6) is 0 Å². The first-order valence-electron chi connectivity index (χ1n) is 8.27. The Bertz CT molecular complexity index is 923. The molecule has 1 aliphatic rings. The molecule has 1 amide bonds. The highest BCUT2D eigenvalue weighted by Gasteiger charge is 2.31. The Morgan fingerprint density at radius 2 is 2.04 bits per heavy atom. The van der Waals surface area contributed by atoms with Gasteiger partial charge in [-0.05, 0) is 32.4 Å². The van der Waals surface area contributed by atoms with Crippen LogP contribution < -0.4 is 0 Å². The topological polar surface area (TPSA) is 55.4 Å². The standard InChI is InChI=1S/C18H21N5O/c1-12-9-21(3)17(19-12)14-7-8-22(10-14)18(24)15-11-23-13(2)5-4-6-16(23)20-15/h4-6,9,11,14H,7-8,10H2,1-3H3/t14-/m0/s1. The van der Waals surface area contributed by atoms with Crippen molar-refractivity contribution < 1.29 is 4.79 Å². The third kappa shape index (κ3) is 2.38. The summed E-state index contributed by atoms with van der Waals surface area (Å²) in [4.78, 5) is 23.8. The SMILES string of the molecule is Cc1cn(C)c([C@H]2CCN(C(=O)c3cn4c(C)cccc4n3)C2)n1. The van der Waals surface area contributed by atoms with Crippen molar-refractivity contribution in [3.63, 3.8) is 0 Å². The number of likely N-dealkylation sites (tertiary alicyclic amines) is 1. The lowest BCUT2D eigenvalue weighted by molar-refractivity contribution is 0.0785. The molecule has 0 saturated carbocycles. The molecule has 1 aliphatic heterocycles. The van der Waals surface area contributed by atoms with Crippen LogP contribution in [0.1, 0.15) is 40.0 Å². The van der Waals surface area contributed by atoms with Crippen LogP contribution in [-0.4, -0.2) is 42.8 Å². The Labute approximate surface area is 140 Å². The van der Waals surface area contributed by atoms with Gasteiger partial charge in [0.2, 0.25) is 0 Å². The molecule has 0 aromatic carbocycles. The van der Waals surface area contributed by atoms with E-state index in [-0.39, 0.29) is 5.91 Å². The largest absolute Gasteiger partial charge is 0.337 e. The molecular formula is C18H21N5O. The molecule has 4 heterocycles. The molecule has 124 valence electrons. The molecule has 0 bridgehead atoms. The molecule has 6 nitrogen and oxygen atoms in total. The lowest BCUT2D eigenvalue weighted by atomic mass is 10.1. The summed E-state index contributed by atoms with van der Waals surface area (Å²) in [5.74, 6) is 1.37. The maximum atomic E-state index is 12.8. The fourth-order valence-corrected chi connectivity index (χ4v) is 3.58. The number of hydrogen-bond donors (Lipinski definition) is 0. The molecule has 0 spiro atoms. The Hall–Kier alpha value is -2.63. The van der Waals surface area contributed by atoms with Crippen LogP contribution in [0.4, 0.5) is 0 Å². The van der Waals surface area contributed by atoms with E-state index in [9.17, 15) is 4.79 Å².